The van der Waals surface area contributed by atoms with Crippen molar-refractivity contribution < 1.29 is 22.7 Å². The zero-order valence-electron chi connectivity index (χ0n) is 13.6. The number of urea groups is 1. The third-order valence-corrected chi connectivity index (χ3v) is 6.42. The summed E-state index contributed by atoms with van der Waals surface area (Å²) in [6.45, 7) is 0.276. The lowest BCUT2D eigenvalue weighted by atomic mass is 10.2. The van der Waals surface area contributed by atoms with E-state index in [2.05, 4.69) is 5.32 Å². The number of primary amides is 1. The number of rotatable bonds is 7. The van der Waals surface area contributed by atoms with Crippen molar-refractivity contribution in [1.82, 2.24) is 10.0 Å². The molecule has 1 aromatic heterocycles. The van der Waals surface area contributed by atoms with Crippen molar-refractivity contribution >= 4 is 44.9 Å². The Morgan fingerprint density at radius 1 is 1.27 bits per heavy atom. The number of nitrogens with two attached hydrogens (primary N) is 1. The summed E-state index contributed by atoms with van der Waals surface area (Å²) >= 11 is 6.88. The molecule has 1 aromatic carbocycles. The van der Waals surface area contributed by atoms with E-state index in [0.717, 1.165) is 11.3 Å². The van der Waals surface area contributed by atoms with Crippen LogP contribution in [0.5, 0.6) is 5.75 Å². The maximum atomic E-state index is 12.2. The molecule has 8 nitrogen and oxygen atoms in total. The number of nitrogens with one attached hydrogen (secondary N) is 2. The first-order valence-electron chi connectivity index (χ1n) is 7.25. The summed E-state index contributed by atoms with van der Waals surface area (Å²) in [6, 6.07) is 6.54. The van der Waals surface area contributed by atoms with Crippen LogP contribution in [0.1, 0.15) is 15.2 Å². The van der Waals surface area contributed by atoms with E-state index in [1.54, 1.807) is 22.9 Å². The van der Waals surface area contributed by atoms with Crippen LogP contribution in [0.15, 0.2) is 34.5 Å². The molecule has 0 atom stereocenters. The molecule has 0 unspecified atom stereocenters. The zero-order valence-corrected chi connectivity index (χ0v) is 16.0. The van der Waals surface area contributed by atoms with Gasteiger partial charge in [0.1, 0.15) is 9.96 Å². The topological polar surface area (TPSA) is 128 Å². The van der Waals surface area contributed by atoms with Gasteiger partial charge in [-0.25, -0.2) is 17.9 Å². The molecule has 0 radical (unpaired) electrons. The van der Waals surface area contributed by atoms with Crippen LogP contribution < -0.4 is 20.5 Å². The molecule has 0 aliphatic rings. The van der Waals surface area contributed by atoms with Crippen LogP contribution in [0.2, 0.25) is 5.02 Å². The van der Waals surface area contributed by atoms with Gasteiger partial charge in [0.05, 0.1) is 12.7 Å². The van der Waals surface area contributed by atoms with Crippen LogP contribution in [0.3, 0.4) is 0 Å². The Balaban J connectivity index is 1.98. The third-order valence-electron chi connectivity index (χ3n) is 3.20. The van der Waals surface area contributed by atoms with Crippen molar-refractivity contribution in [2.45, 2.75) is 10.6 Å². The number of amides is 3. The maximum Gasteiger partial charge on any atom is 0.326 e. The van der Waals surface area contributed by atoms with Crippen LogP contribution in [0.4, 0.5) is 4.79 Å². The molecule has 0 saturated carbocycles. The summed E-state index contributed by atoms with van der Waals surface area (Å²) in [5.41, 5.74) is 5.14. The summed E-state index contributed by atoms with van der Waals surface area (Å²) in [7, 11) is -2.51. The van der Waals surface area contributed by atoms with Gasteiger partial charge < -0.3 is 15.8 Å². The first-order chi connectivity index (χ1) is 12.2. The maximum absolute atomic E-state index is 12.2. The predicted molar refractivity (Wildman–Crippen MR) is 98.3 cm³/mol. The van der Waals surface area contributed by atoms with Gasteiger partial charge in [0.15, 0.2) is 0 Å². The molecule has 3 amide bonds. The van der Waals surface area contributed by atoms with E-state index in [9.17, 15) is 18.0 Å². The second-order valence-electron chi connectivity index (χ2n) is 5.04. The number of benzene rings is 1. The summed E-state index contributed by atoms with van der Waals surface area (Å²) in [5, 5.41) is 3.13. The Morgan fingerprint density at radius 3 is 2.65 bits per heavy atom. The molecule has 11 heteroatoms. The molecular formula is C15H16ClN3O5S2. The molecule has 1 heterocycles. The molecule has 2 rings (SSSR count). The van der Waals surface area contributed by atoms with Crippen LogP contribution in [-0.4, -0.2) is 34.0 Å². The normalized spacial score (nSPS) is 11.0. The Labute approximate surface area is 159 Å². The van der Waals surface area contributed by atoms with Crippen molar-refractivity contribution in [1.29, 1.82) is 0 Å². The standard InChI is InChI=1S/C15H16ClN3O5S2/c1-24-12-4-2-9(16)8-11(12)14(20)18-7-6-10-3-5-13(25-10)26(22,23)19-15(17)21/h2-5,8H,6-7H2,1H3,(H,18,20)(H3,17,19,21). The molecular weight excluding hydrogens is 402 g/mol. The Kier molecular flexibility index (Phi) is 6.46. The number of methoxy groups -OCH3 is 1. The number of sulfonamides is 1. The van der Waals surface area contributed by atoms with Gasteiger partial charge in [0.25, 0.3) is 15.9 Å². The fourth-order valence-electron chi connectivity index (χ4n) is 2.07. The van der Waals surface area contributed by atoms with Crippen molar-refractivity contribution in [3.8, 4) is 5.75 Å². The van der Waals surface area contributed by atoms with Crippen LogP contribution in [0.25, 0.3) is 0 Å². The molecule has 0 saturated heterocycles. The number of carbonyl (C=O) groups excluding carboxylic acids is 2. The van der Waals surface area contributed by atoms with E-state index in [4.69, 9.17) is 22.1 Å². The quantitative estimate of drug-likeness (QED) is 0.632. The SMILES string of the molecule is COc1ccc(Cl)cc1C(=O)NCCc1ccc(S(=O)(=O)NC(N)=O)s1. The lowest BCUT2D eigenvalue weighted by Gasteiger charge is -2.09. The number of hydrogen-bond acceptors (Lipinski definition) is 6. The molecule has 0 bridgehead atoms. The third kappa shape index (κ3) is 5.10. The van der Waals surface area contributed by atoms with Crippen LogP contribution in [0, 0.1) is 0 Å². The first-order valence-corrected chi connectivity index (χ1v) is 9.93. The van der Waals surface area contributed by atoms with Crippen LogP contribution in [-0.2, 0) is 16.4 Å². The Bertz CT molecular complexity index is 927. The van der Waals surface area contributed by atoms with E-state index in [1.165, 1.54) is 19.2 Å². The Morgan fingerprint density at radius 2 is 2.00 bits per heavy atom. The van der Waals surface area contributed by atoms with E-state index in [1.807, 2.05) is 0 Å². The average molecular weight is 418 g/mol. The molecule has 4 N–H and O–H groups in total. The number of carbonyl (C=O) groups is 2. The van der Waals surface area contributed by atoms with Crippen molar-refractivity contribution in [3.05, 3.63) is 45.8 Å². The molecule has 140 valence electrons. The summed E-state index contributed by atoms with van der Waals surface area (Å²) in [5.74, 6) is 0.0399. The average Bonchev–Trinajstić information content (AvgIpc) is 3.03. The minimum Gasteiger partial charge on any atom is -0.496 e. The fourth-order valence-corrected chi connectivity index (χ4v) is 4.48. The largest absolute Gasteiger partial charge is 0.496 e. The Hall–Kier alpha value is -2.30. The number of halogens is 1. The lowest BCUT2D eigenvalue weighted by molar-refractivity contribution is 0.0951. The monoisotopic (exact) mass is 417 g/mol. The number of ether oxygens (including phenoxy) is 1. The lowest BCUT2D eigenvalue weighted by Crippen LogP contribution is -2.34. The van der Waals surface area contributed by atoms with Crippen molar-refractivity contribution in [3.63, 3.8) is 0 Å². The van der Waals surface area contributed by atoms with Gasteiger partial charge in [-0.3, -0.25) is 4.79 Å². The molecule has 0 aliphatic heterocycles. The molecule has 0 spiro atoms. The van der Waals surface area contributed by atoms with Gasteiger partial charge in [0, 0.05) is 16.4 Å². The zero-order chi connectivity index (χ0) is 19.3. The summed E-state index contributed by atoms with van der Waals surface area (Å²) in [4.78, 5) is 23.7. The highest BCUT2D eigenvalue weighted by Gasteiger charge is 2.18. The van der Waals surface area contributed by atoms with E-state index in [0.29, 0.717) is 27.6 Å². The van der Waals surface area contributed by atoms with Gasteiger partial charge in [-0.05, 0) is 36.8 Å². The van der Waals surface area contributed by atoms with Gasteiger partial charge in [0.2, 0.25) is 0 Å². The highest BCUT2D eigenvalue weighted by molar-refractivity contribution is 7.92. The van der Waals surface area contributed by atoms with Crippen molar-refractivity contribution in [2.75, 3.05) is 13.7 Å². The second kappa shape index (κ2) is 8.39. The molecule has 0 aliphatic carbocycles. The summed E-state index contributed by atoms with van der Waals surface area (Å²) < 4.78 is 30.4. The fraction of sp³-hybridized carbons (Fsp3) is 0.200. The van der Waals surface area contributed by atoms with Gasteiger partial charge in [-0.15, -0.1) is 11.3 Å². The van der Waals surface area contributed by atoms with Gasteiger partial charge >= 0.3 is 6.03 Å². The summed E-state index contributed by atoms with van der Waals surface area (Å²) in [6.07, 6.45) is 0.408. The molecule has 0 fully saturated rings. The highest BCUT2D eigenvalue weighted by atomic mass is 35.5. The van der Waals surface area contributed by atoms with E-state index in [-0.39, 0.29) is 16.7 Å². The number of thiophene rings is 1. The minimum atomic E-state index is -3.96. The minimum absolute atomic E-state index is 0.0332. The van der Waals surface area contributed by atoms with Crippen molar-refractivity contribution in [2.24, 2.45) is 5.73 Å². The molecule has 26 heavy (non-hydrogen) atoms. The molecule has 2 aromatic rings. The van der Waals surface area contributed by atoms with E-state index < -0.39 is 16.1 Å². The first kappa shape index (κ1) is 20.0. The smallest absolute Gasteiger partial charge is 0.326 e. The number of hydrogen-bond donors (Lipinski definition) is 3. The van der Waals surface area contributed by atoms with Gasteiger partial charge in [-0.2, -0.15) is 0 Å². The second-order valence-corrected chi connectivity index (χ2v) is 8.56. The predicted octanol–water partition coefficient (Wildman–Crippen LogP) is 1.74. The van der Waals surface area contributed by atoms with E-state index >= 15 is 0 Å². The van der Waals surface area contributed by atoms with Gasteiger partial charge in [-0.1, -0.05) is 11.6 Å². The highest BCUT2D eigenvalue weighted by Crippen LogP contribution is 2.23. The van der Waals surface area contributed by atoms with Crippen LogP contribution >= 0.6 is 22.9 Å².